The molecule has 2 aromatic carbocycles. The van der Waals surface area contributed by atoms with Gasteiger partial charge in [-0.2, -0.15) is 11.3 Å². The van der Waals surface area contributed by atoms with Crippen molar-refractivity contribution < 1.29 is 9.84 Å². The highest BCUT2D eigenvalue weighted by atomic mass is 32.1. The van der Waals surface area contributed by atoms with Crippen molar-refractivity contribution in [3.05, 3.63) is 94.2 Å². The number of ether oxygens (including phenoxy) is 1. The molecule has 0 atom stereocenters. The lowest BCUT2D eigenvalue weighted by molar-refractivity contribution is 0.306. The quantitative estimate of drug-likeness (QED) is 0.369. The van der Waals surface area contributed by atoms with Crippen molar-refractivity contribution in [1.29, 1.82) is 0 Å². The monoisotopic (exact) mass is 442 g/mol. The molecule has 3 aromatic rings. The van der Waals surface area contributed by atoms with E-state index in [0.717, 1.165) is 28.0 Å². The van der Waals surface area contributed by atoms with Crippen LogP contribution in [-0.4, -0.2) is 11.7 Å². The van der Waals surface area contributed by atoms with Crippen molar-refractivity contribution >= 4 is 17.4 Å². The minimum Gasteiger partial charge on any atom is -0.489 e. The van der Waals surface area contributed by atoms with Crippen LogP contribution in [0.15, 0.2) is 83.1 Å². The van der Waals surface area contributed by atoms with Crippen molar-refractivity contribution in [2.75, 3.05) is 6.61 Å². The summed E-state index contributed by atoms with van der Waals surface area (Å²) in [6, 6.07) is 18.5. The van der Waals surface area contributed by atoms with E-state index in [9.17, 15) is 5.11 Å². The van der Waals surface area contributed by atoms with E-state index in [2.05, 4.69) is 73.7 Å². The molecule has 0 aliphatic rings. The van der Waals surface area contributed by atoms with Crippen molar-refractivity contribution in [3.63, 3.8) is 0 Å². The van der Waals surface area contributed by atoms with Gasteiger partial charge in [-0.1, -0.05) is 54.3 Å². The third-order valence-electron chi connectivity index (χ3n) is 4.65. The minimum atomic E-state index is -0.00623. The molecule has 0 saturated carbocycles. The molecule has 1 heterocycles. The van der Waals surface area contributed by atoms with Gasteiger partial charge in [0.05, 0.1) is 6.61 Å². The van der Waals surface area contributed by atoms with Crippen LogP contribution in [0.1, 0.15) is 38.3 Å². The molecule has 32 heavy (non-hydrogen) atoms. The number of benzene rings is 2. The van der Waals surface area contributed by atoms with Crippen LogP contribution >= 0.6 is 11.3 Å². The van der Waals surface area contributed by atoms with Crippen LogP contribution in [0.4, 0.5) is 0 Å². The molecular formula is C29H30O2S. The van der Waals surface area contributed by atoms with E-state index in [1.54, 1.807) is 11.3 Å². The zero-order valence-corrected chi connectivity index (χ0v) is 19.8. The zero-order chi connectivity index (χ0) is 22.8. The third kappa shape index (κ3) is 7.89. The Labute approximate surface area is 195 Å². The van der Waals surface area contributed by atoms with E-state index in [1.165, 1.54) is 5.56 Å². The zero-order valence-electron chi connectivity index (χ0n) is 19.0. The molecule has 0 spiro atoms. The number of aliphatic hydroxyl groups excluding tert-OH is 1. The normalized spacial score (nSPS) is 11.9. The van der Waals surface area contributed by atoms with Gasteiger partial charge in [0.15, 0.2) is 0 Å². The van der Waals surface area contributed by atoms with Gasteiger partial charge in [0, 0.05) is 5.41 Å². The van der Waals surface area contributed by atoms with Gasteiger partial charge in [0.25, 0.3) is 0 Å². The van der Waals surface area contributed by atoms with Gasteiger partial charge in [0.2, 0.25) is 0 Å². The maximum absolute atomic E-state index is 9.74. The first-order valence-electron chi connectivity index (χ1n) is 10.8. The van der Waals surface area contributed by atoms with Crippen molar-refractivity contribution in [1.82, 2.24) is 0 Å². The van der Waals surface area contributed by atoms with E-state index in [0.29, 0.717) is 13.0 Å². The van der Waals surface area contributed by atoms with Crippen LogP contribution in [0.3, 0.4) is 0 Å². The molecule has 0 radical (unpaired) electrons. The molecule has 2 nitrogen and oxygen atoms in total. The first-order chi connectivity index (χ1) is 15.4. The Morgan fingerprint density at radius 2 is 1.91 bits per heavy atom. The van der Waals surface area contributed by atoms with E-state index < -0.39 is 0 Å². The molecule has 1 aromatic heterocycles. The fourth-order valence-corrected chi connectivity index (χ4v) is 3.73. The lowest BCUT2D eigenvalue weighted by Crippen LogP contribution is -1.98. The standard InChI is InChI=1S/C29H30O2S/c1-29(2,3)15-6-4-5-9-24(20-30)17-23-10-7-11-25(18-23)21-31-28-13-8-12-26(19-28)27-14-16-32-22-27/h4-5,7-8,10-14,16-19,22,30H,9,20-21H2,1-3H3/b5-4+,24-17+. The number of aliphatic hydroxyl groups is 1. The van der Waals surface area contributed by atoms with E-state index in [-0.39, 0.29) is 12.0 Å². The van der Waals surface area contributed by atoms with Crippen LogP contribution < -0.4 is 4.74 Å². The Morgan fingerprint density at radius 1 is 1.06 bits per heavy atom. The first kappa shape index (κ1) is 23.6. The van der Waals surface area contributed by atoms with Gasteiger partial charge >= 0.3 is 0 Å². The number of rotatable bonds is 8. The van der Waals surface area contributed by atoms with Gasteiger partial charge < -0.3 is 9.84 Å². The minimum absolute atomic E-state index is 0.00623. The van der Waals surface area contributed by atoms with Crippen LogP contribution in [0, 0.1) is 17.3 Å². The summed E-state index contributed by atoms with van der Waals surface area (Å²) in [5, 5.41) is 14.0. The highest BCUT2D eigenvalue weighted by Gasteiger charge is 2.03. The number of allylic oxidation sites excluding steroid dienone is 2. The van der Waals surface area contributed by atoms with Gasteiger partial charge in [-0.05, 0) is 96.1 Å². The number of thiophene rings is 1. The molecule has 3 rings (SSSR count). The topological polar surface area (TPSA) is 29.5 Å². The lowest BCUT2D eigenvalue weighted by Gasteiger charge is -2.09. The average Bonchev–Trinajstić information content (AvgIpc) is 3.31. The second-order valence-corrected chi connectivity index (χ2v) is 9.44. The fraction of sp³-hybridized carbons (Fsp3) is 0.241. The van der Waals surface area contributed by atoms with Crippen LogP contribution in [-0.2, 0) is 6.61 Å². The molecule has 0 saturated heterocycles. The Hall–Kier alpha value is -3.06. The summed E-state index contributed by atoms with van der Waals surface area (Å²) in [6.07, 6.45) is 6.56. The van der Waals surface area contributed by atoms with Crippen molar-refractivity contribution in [3.8, 4) is 28.7 Å². The van der Waals surface area contributed by atoms with Gasteiger partial charge in [-0.25, -0.2) is 0 Å². The first-order valence-corrected chi connectivity index (χ1v) is 11.7. The molecular weight excluding hydrogens is 412 g/mol. The number of hydrogen-bond acceptors (Lipinski definition) is 3. The van der Waals surface area contributed by atoms with Gasteiger partial charge in [-0.15, -0.1) is 0 Å². The van der Waals surface area contributed by atoms with Crippen molar-refractivity contribution in [2.45, 2.75) is 33.8 Å². The lowest BCUT2D eigenvalue weighted by atomic mass is 9.98. The predicted molar refractivity (Wildman–Crippen MR) is 137 cm³/mol. The molecule has 0 aliphatic carbocycles. The largest absolute Gasteiger partial charge is 0.489 e. The summed E-state index contributed by atoms with van der Waals surface area (Å²) < 4.78 is 6.04. The van der Waals surface area contributed by atoms with Crippen LogP contribution in [0.2, 0.25) is 0 Å². The molecule has 0 fully saturated rings. The maximum Gasteiger partial charge on any atom is 0.120 e. The molecule has 0 bridgehead atoms. The highest BCUT2D eigenvalue weighted by molar-refractivity contribution is 7.08. The summed E-state index contributed by atoms with van der Waals surface area (Å²) in [5.41, 5.74) is 5.45. The Bertz CT molecular complexity index is 1120. The summed E-state index contributed by atoms with van der Waals surface area (Å²) in [4.78, 5) is 0. The van der Waals surface area contributed by atoms with Gasteiger partial charge in [0.1, 0.15) is 12.4 Å². The molecule has 164 valence electrons. The summed E-state index contributed by atoms with van der Waals surface area (Å²) >= 11 is 1.69. The van der Waals surface area contributed by atoms with Crippen LogP contribution in [0.25, 0.3) is 17.2 Å². The summed E-state index contributed by atoms with van der Waals surface area (Å²) in [6.45, 7) is 6.77. The van der Waals surface area contributed by atoms with Crippen molar-refractivity contribution in [2.24, 2.45) is 5.41 Å². The van der Waals surface area contributed by atoms with E-state index in [1.807, 2.05) is 42.5 Å². The number of hydrogen-bond donors (Lipinski definition) is 1. The summed E-state index contributed by atoms with van der Waals surface area (Å²) in [7, 11) is 0. The SMILES string of the molecule is CC(C)(C)C#C/C=C/C/C(=C\c1cccc(COc2cccc(-c3ccsc3)c2)c1)CO. The molecule has 1 N–H and O–H groups in total. The molecule has 0 unspecified atom stereocenters. The second kappa shape index (κ2) is 11.5. The fourth-order valence-electron chi connectivity index (χ4n) is 3.07. The average molecular weight is 443 g/mol. The van der Waals surface area contributed by atoms with Crippen LogP contribution in [0.5, 0.6) is 5.75 Å². The third-order valence-corrected chi connectivity index (χ3v) is 5.33. The van der Waals surface area contributed by atoms with Gasteiger partial charge in [-0.3, -0.25) is 0 Å². The summed E-state index contributed by atoms with van der Waals surface area (Å²) in [5.74, 6) is 7.10. The maximum atomic E-state index is 9.74. The Morgan fingerprint density at radius 3 is 2.66 bits per heavy atom. The Kier molecular flexibility index (Phi) is 8.50. The smallest absolute Gasteiger partial charge is 0.120 e. The second-order valence-electron chi connectivity index (χ2n) is 8.66. The predicted octanol–water partition coefficient (Wildman–Crippen LogP) is 7.37. The highest BCUT2D eigenvalue weighted by Crippen LogP contribution is 2.26. The molecule has 3 heteroatoms. The van der Waals surface area contributed by atoms with E-state index in [4.69, 9.17) is 4.74 Å². The molecule has 0 amide bonds. The molecule has 0 aliphatic heterocycles. The Balaban J connectivity index is 1.62. The van der Waals surface area contributed by atoms with E-state index >= 15 is 0 Å².